The van der Waals surface area contributed by atoms with Crippen LogP contribution in [-0.4, -0.2) is 63.3 Å². The number of rotatable bonds is 4. The zero-order chi connectivity index (χ0) is 19.7. The van der Waals surface area contributed by atoms with Crippen molar-refractivity contribution in [3.8, 4) is 0 Å². The van der Waals surface area contributed by atoms with Crippen molar-refractivity contribution in [2.75, 3.05) is 37.6 Å². The Labute approximate surface area is 166 Å². The number of piperazine rings is 1. The lowest BCUT2D eigenvalue weighted by atomic mass is 9.71. The number of fused-ring (bicyclic) bond motifs is 1. The first-order chi connectivity index (χ1) is 13.5. The SMILES string of the molecule is Cc1nc(N2CCN(C(=O)CC3(CN)CCCCC3)CC2)c2cnn(C)c2n1. The van der Waals surface area contributed by atoms with Crippen molar-refractivity contribution in [2.24, 2.45) is 18.2 Å². The number of carbonyl (C=O) groups excluding carboxylic acids is 1. The number of amides is 1. The first-order valence-corrected chi connectivity index (χ1v) is 10.4. The third-order valence-corrected chi connectivity index (χ3v) is 6.49. The molecule has 2 aliphatic rings. The van der Waals surface area contributed by atoms with Crippen LogP contribution < -0.4 is 10.6 Å². The molecule has 1 saturated heterocycles. The summed E-state index contributed by atoms with van der Waals surface area (Å²) in [5.74, 6) is 1.93. The van der Waals surface area contributed by atoms with E-state index in [0.717, 1.165) is 61.7 Å². The molecule has 0 bridgehead atoms. The molecule has 2 aromatic rings. The summed E-state index contributed by atoms with van der Waals surface area (Å²) in [4.78, 5) is 26.4. The van der Waals surface area contributed by atoms with E-state index >= 15 is 0 Å². The number of anilines is 1. The number of hydrogen-bond acceptors (Lipinski definition) is 6. The molecule has 2 fully saturated rings. The summed E-state index contributed by atoms with van der Waals surface area (Å²) in [6.45, 7) is 5.54. The Morgan fingerprint density at radius 2 is 1.86 bits per heavy atom. The molecule has 3 heterocycles. The average molecular weight is 386 g/mol. The molecule has 28 heavy (non-hydrogen) atoms. The van der Waals surface area contributed by atoms with Crippen molar-refractivity contribution >= 4 is 22.8 Å². The van der Waals surface area contributed by atoms with Crippen molar-refractivity contribution in [1.29, 1.82) is 0 Å². The topological polar surface area (TPSA) is 93.2 Å². The molecular formula is C20H31N7O. The monoisotopic (exact) mass is 385 g/mol. The van der Waals surface area contributed by atoms with Gasteiger partial charge in [0.1, 0.15) is 11.6 Å². The van der Waals surface area contributed by atoms with E-state index in [9.17, 15) is 4.79 Å². The highest BCUT2D eigenvalue weighted by atomic mass is 16.2. The van der Waals surface area contributed by atoms with Crippen molar-refractivity contribution in [1.82, 2.24) is 24.6 Å². The quantitative estimate of drug-likeness (QED) is 0.860. The number of aryl methyl sites for hydroxylation is 2. The van der Waals surface area contributed by atoms with Gasteiger partial charge in [0.25, 0.3) is 0 Å². The van der Waals surface area contributed by atoms with Gasteiger partial charge >= 0.3 is 0 Å². The van der Waals surface area contributed by atoms with Crippen LogP contribution in [0, 0.1) is 12.3 Å². The van der Waals surface area contributed by atoms with Gasteiger partial charge in [-0.3, -0.25) is 9.48 Å². The number of carbonyl (C=O) groups is 1. The minimum atomic E-state index is 0.0259. The molecule has 2 N–H and O–H groups in total. The van der Waals surface area contributed by atoms with Crippen LogP contribution in [0.25, 0.3) is 11.0 Å². The summed E-state index contributed by atoms with van der Waals surface area (Å²) in [6.07, 6.45) is 8.29. The van der Waals surface area contributed by atoms with Gasteiger partial charge in [0, 0.05) is 39.6 Å². The van der Waals surface area contributed by atoms with Crippen LogP contribution in [0.3, 0.4) is 0 Å². The molecule has 0 radical (unpaired) electrons. The molecule has 1 aliphatic heterocycles. The average Bonchev–Trinajstić information content (AvgIpc) is 3.09. The normalized spacial score (nSPS) is 20.0. The van der Waals surface area contributed by atoms with E-state index < -0.39 is 0 Å². The minimum Gasteiger partial charge on any atom is -0.352 e. The summed E-state index contributed by atoms with van der Waals surface area (Å²) in [5, 5.41) is 5.30. The number of nitrogens with zero attached hydrogens (tertiary/aromatic N) is 6. The molecule has 8 heteroatoms. The van der Waals surface area contributed by atoms with Crippen LogP contribution in [0.5, 0.6) is 0 Å². The van der Waals surface area contributed by atoms with E-state index in [1.54, 1.807) is 4.68 Å². The first-order valence-electron chi connectivity index (χ1n) is 10.4. The third kappa shape index (κ3) is 3.57. The van der Waals surface area contributed by atoms with Gasteiger partial charge in [-0.05, 0) is 31.7 Å². The number of hydrogen-bond donors (Lipinski definition) is 1. The molecule has 4 rings (SSSR count). The van der Waals surface area contributed by atoms with Crippen molar-refractivity contribution in [3.63, 3.8) is 0 Å². The lowest BCUT2D eigenvalue weighted by Gasteiger charge is -2.40. The maximum atomic E-state index is 13.0. The van der Waals surface area contributed by atoms with Crippen LogP contribution in [0.1, 0.15) is 44.3 Å². The van der Waals surface area contributed by atoms with Gasteiger partial charge in [0.05, 0.1) is 11.6 Å². The first kappa shape index (κ1) is 19.1. The predicted molar refractivity (Wildman–Crippen MR) is 109 cm³/mol. The lowest BCUT2D eigenvalue weighted by Crippen LogP contribution is -2.50. The van der Waals surface area contributed by atoms with Gasteiger partial charge < -0.3 is 15.5 Å². The second-order valence-electron chi connectivity index (χ2n) is 8.41. The fourth-order valence-corrected chi connectivity index (χ4v) is 4.71. The molecule has 152 valence electrons. The molecule has 1 amide bonds. The summed E-state index contributed by atoms with van der Waals surface area (Å²) >= 11 is 0. The Bertz CT molecular complexity index is 848. The van der Waals surface area contributed by atoms with E-state index in [0.29, 0.717) is 13.0 Å². The Balaban J connectivity index is 1.43. The van der Waals surface area contributed by atoms with Crippen LogP contribution in [0.15, 0.2) is 6.20 Å². The van der Waals surface area contributed by atoms with E-state index in [2.05, 4.69) is 20.0 Å². The fourth-order valence-electron chi connectivity index (χ4n) is 4.71. The van der Waals surface area contributed by atoms with Crippen LogP contribution >= 0.6 is 0 Å². The smallest absolute Gasteiger partial charge is 0.223 e. The standard InChI is InChI=1S/C20H31N7O/c1-15-23-18-16(13-22-25(18)2)19(24-15)27-10-8-26(9-11-27)17(28)12-20(14-21)6-4-3-5-7-20/h13H,3-12,14,21H2,1-2H3. The van der Waals surface area contributed by atoms with Crippen molar-refractivity contribution < 1.29 is 4.79 Å². The van der Waals surface area contributed by atoms with Crippen molar-refractivity contribution in [2.45, 2.75) is 45.4 Å². The zero-order valence-corrected chi connectivity index (χ0v) is 17.0. The Morgan fingerprint density at radius 1 is 1.14 bits per heavy atom. The maximum Gasteiger partial charge on any atom is 0.223 e. The highest BCUT2D eigenvalue weighted by Crippen LogP contribution is 2.39. The van der Waals surface area contributed by atoms with Gasteiger partial charge in [-0.2, -0.15) is 5.10 Å². The predicted octanol–water partition coefficient (Wildman–Crippen LogP) is 1.62. The van der Waals surface area contributed by atoms with Crippen LogP contribution in [-0.2, 0) is 11.8 Å². The molecule has 0 atom stereocenters. The van der Waals surface area contributed by atoms with E-state index in [4.69, 9.17) is 5.73 Å². The fraction of sp³-hybridized carbons (Fsp3) is 0.700. The molecule has 0 spiro atoms. The van der Waals surface area contributed by atoms with Gasteiger partial charge in [0.15, 0.2) is 5.65 Å². The van der Waals surface area contributed by atoms with Gasteiger partial charge in [0.2, 0.25) is 5.91 Å². The highest BCUT2D eigenvalue weighted by molar-refractivity contribution is 5.87. The largest absolute Gasteiger partial charge is 0.352 e. The number of nitrogens with two attached hydrogens (primary N) is 1. The summed E-state index contributed by atoms with van der Waals surface area (Å²) in [7, 11) is 1.90. The van der Waals surface area contributed by atoms with Gasteiger partial charge in [-0.25, -0.2) is 9.97 Å². The van der Waals surface area contributed by atoms with Crippen LogP contribution in [0.2, 0.25) is 0 Å². The molecular weight excluding hydrogens is 354 g/mol. The van der Waals surface area contributed by atoms with Gasteiger partial charge in [-0.15, -0.1) is 0 Å². The van der Waals surface area contributed by atoms with E-state index in [-0.39, 0.29) is 11.3 Å². The van der Waals surface area contributed by atoms with Gasteiger partial charge in [-0.1, -0.05) is 19.3 Å². The second-order valence-corrected chi connectivity index (χ2v) is 8.41. The minimum absolute atomic E-state index is 0.0259. The molecule has 1 saturated carbocycles. The molecule has 8 nitrogen and oxygen atoms in total. The Hall–Kier alpha value is -2.22. The molecule has 2 aromatic heterocycles. The Morgan fingerprint density at radius 3 is 2.54 bits per heavy atom. The molecule has 0 aromatic carbocycles. The lowest BCUT2D eigenvalue weighted by molar-refractivity contribution is -0.134. The van der Waals surface area contributed by atoms with Crippen LogP contribution in [0.4, 0.5) is 5.82 Å². The van der Waals surface area contributed by atoms with E-state index in [1.165, 1.54) is 19.3 Å². The summed E-state index contributed by atoms with van der Waals surface area (Å²) < 4.78 is 1.78. The summed E-state index contributed by atoms with van der Waals surface area (Å²) in [6, 6.07) is 0. The maximum absolute atomic E-state index is 13.0. The summed E-state index contributed by atoms with van der Waals surface area (Å²) in [5.41, 5.74) is 6.96. The molecule has 0 unspecified atom stereocenters. The second kappa shape index (κ2) is 7.66. The zero-order valence-electron chi connectivity index (χ0n) is 17.0. The number of aromatic nitrogens is 4. The Kier molecular flexibility index (Phi) is 5.23. The molecule has 1 aliphatic carbocycles. The third-order valence-electron chi connectivity index (χ3n) is 6.49. The van der Waals surface area contributed by atoms with Crippen molar-refractivity contribution in [3.05, 3.63) is 12.0 Å². The van der Waals surface area contributed by atoms with E-state index in [1.807, 2.05) is 25.1 Å². The highest BCUT2D eigenvalue weighted by Gasteiger charge is 2.35.